The number of ether oxygens (including phenoxy) is 1. The van der Waals surface area contributed by atoms with Gasteiger partial charge in [-0.15, -0.1) is 0 Å². The molecule has 5 heteroatoms. The Hall–Kier alpha value is -1.26. The minimum Gasteiger partial charge on any atom is -0.457 e. The molecule has 4 nitrogen and oxygen atoms in total. The van der Waals surface area contributed by atoms with E-state index < -0.39 is 0 Å². The SMILES string of the molecule is CCCCN(CCCC)CC(CC)OC(=O)c1ccc(N)cc1Cl. The van der Waals surface area contributed by atoms with Gasteiger partial charge >= 0.3 is 5.97 Å². The maximum atomic E-state index is 12.4. The van der Waals surface area contributed by atoms with Crippen molar-refractivity contribution in [3.63, 3.8) is 0 Å². The molecule has 1 aromatic carbocycles. The summed E-state index contributed by atoms with van der Waals surface area (Å²) in [7, 11) is 0. The van der Waals surface area contributed by atoms with Gasteiger partial charge in [-0.05, 0) is 50.6 Å². The molecule has 2 N–H and O–H groups in total. The van der Waals surface area contributed by atoms with E-state index in [0.29, 0.717) is 16.3 Å². The molecule has 0 aromatic heterocycles. The second-order valence-corrected chi connectivity index (χ2v) is 6.59. The van der Waals surface area contributed by atoms with Crippen LogP contribution in [0.4, 0.5) is 5.69 Å². The Kier molecular flexibility index (Phi) is 9.80. The number of nitrogen functional groups attached to an aromatic ring is 1. The van der Waals surface area contributed by atoms with E-state index in [1.807, 2.05) is 6.92 Å². The van der Waals surface area contributed by atoms with E-state index in [2.05, 4.69) is 18.7 Å². The smallest absolute Gasteiger partial charge is 0.339 e. The standard InChI is InChI=1S/C19H31ClN2O2/c1-4-7-11-22(12-8-5-2)14-16(6-3)24-19(23)17-10-9-15(21)13-18(17)20/h9-10,13,16H,4-8,11-12,14,21H2,1-3H3. The highest BCUT2D eigenvalue weighted by Gasteiger charge is 2.19. The van der Waals surface area contributed by atoms with Crippen molar-refractivity contribution in [3.8, 4) is 0 Å². The first kappa shape index (κ1) is 20.8. The molecular weight excluding hydrogens is 324 g/mol. The Morgan fingerprint density at radius 1 is 1.21 bits per heavy atom. The van der Waals surface area contributed by atoms with E-state index in [4.69, 9.17) is 22.1 Å². The predicted molar refractivity (Wildman–Crippen MR) is 102 cm³/mol. The van der Waals surface area contributed by atoms with Crippen LogP contribution in [-0.2, 0) is 4.74 Å². The van der Waals surface area contributed by atoms with Gasteiger partial charge in [0.15, 0.2) is 0 Å². The molecule has 0 saturated carbocycles. The number of hydrogen-bond acceptors (Lipinski definition) is 4. The number of hydrogen-bond donors (Lipinski definition) is 1. The van der Waals surface area contributed by atoms with Crippen LogP contribution in [0.25, 0.3) is 0 Å². The van der Waals surface area contributed by atoms with Crippen molar-refractivity contribution in [2.24, 2.45) is 0 Å². The van der Waals surface area contributed by atoms with Gasteiger partial charge in [0.2, 0.25) is 0 Å². The van der Waals surface area contributed by atoms with Gasteiger partial charge in [-0.25, -0.2) is 4.79 Å². The molecule has 0 aliphatic heterocycles. The monoisotopic (exact) mass is 354 g/mol. The summed E-state index contributed by atoms with van der Waals surface area (Å²) in [5.74, 6) is -0.377. The van der Waals surface area contributed by atoms with Crippen LogP contribution in [0, 0.1) is 0 Å². The largest absolute Gasteiger partial charge is 0.457 e. The molecule has 0 heterocycles. The quantitative estimate of drug-likeness (QED) is 0.459. The molecule has 0 bridgehead atoms. The zero-order chi connectivity index (χ0) is 17.9. The molecular formula is C19H31ClN2O2. The molecule has 0 amide bonds. The van der Waals surface area contributed by atoms with Gasteiger partial charge in [0.05, 0.1) is 10.6 Å². The zero-order valence-corrected chi connectivity index (χ0v) is 15.9. The second-order valence-electron chi connectivity index (χ2n) is 6.18. The van der Waals surface area contributed by atoms with Crippen LogP contribution in [-0.4, -0.2) is 36.6 Å². The van der Waals surface area contributed by atoms with Crippen molar-refractivity contribution in [1.82, 2.24) is 4.90 Å². The first-order chi connectivity index (χ1) is 11.5. The summed E-state index contributed by atoms with van der Waals surface area (Å²) in [6.45, 7) is 9.30. The number of carbonyl (C=O) groups excluding carboxylic acids is 1. The highest BCUT2D eigenvalue weighted by Crippen LogP contribution is 2.21. The fraction of sp³-hybridized carbons (Fsp3) is 0.632. The summed E-state index contributed by atoms with van der Waals surface area (Å²) >= 11 is 6.10. The third-order valence-electron chi connectivity index (χ3n) is 4.06. The van der Waals surface area contributed by atoms with Gasteiger partial charge in [-0.2, -0.15) is 0 Å². The van der Waals surface area contributed by atoms with Gasteiger partial charge in [0.25, 0.3) is 0 Å². The van der Waals surface area contributed by atoms with Crippen molar-refractivity contribution in [2.75, 3.05) is 25.4 Å². The fourth-order valence-electron chi connectivity index (χ4n) is 2.51. The molecule has 1 aromatic rings. The molecule has 24 heavy (non-hydrogen) atoms. The molecule has 0 saturated heterocycles. The number of nitrogens with two attached hydrogens (primary N) is 1. The van der Waals surface area contributed by atoms with E-state index in [-0.39, 0.29) is 12.1 Å². The number of carbonyl (C=O) groups is 1. The van der Waals surface area contributed by atoms with Gasteiger partial charge in [-0.1, -0.05) is 45.2 Å². The van der Waals surface area contributed by atoms with E-state index in [1.165, 1.54) is 12.8 Å². The van der Waals surface area contributed by atoms with Crippen molar-refractivity contribution in [1.29, 1.82) is 0 Å². The Morgan fingerprint density at radius 3 is 2.33 bits per heavy atom. The van der Waals surface area contributed by atoms with E-state index >= 15 is 0 Å². The van der Waals surface area contributed by atoms with Crippen LogP contribution in [0.15, 0.2) is 18.2 Å². The van der Waals surface area contributed by atoms with E-state index in [9.17, 15) is 4.79 Å². The van der Waals surface area contributed by atoms with Crippen molar-refractivity contribution < 1.29 is 9.53 Å². The van der Waals surface area contributed by atoms with Crippen LogP contribution in [0.5, 0.6) is 0 Å². The third kappa shape index (κ3) is 7.10. The molecule has 0 fully saturated rings. The van der Waals surface area contributed by atoms with E-state index in [0.717, 1.165) is 38.9 Å². The summed E-state index contributed by atoms with van der Waals surface area (Å²) in [6, 6.07) is 4.87. The lowest BCUT2D eigenvalue weighted by Gasteiger charge is -2.27. The van der Waals surface area contributed by atoms with Gasteiger partial charge < -0.3 is 10.5 Å². The summed E-state index contributed by atoms with van der Waals surface area (Å²) in [6.07, 6.45) is 5.32. The maximum absolute atomic E-state index is 12.4. The minimum absolute atomic E-state index is 0.125. The second kappa shape index (κ2) is 11.3. The number of rotatable bonds is 11. The van der Waals surface area contributed by atoms with Crippen LogP contribution >= 0.6 is 11.6 Å². The number of halogens is 1. The summed E-state index contributed by atoms with van der Waals surface area (Å²) in [5, 5.41) is 0.337. The van der Waals surface area contributed by atoms with Gasteiger partial charge in [0.1, 0.15) is 6.10 Å². The lowest BCUT2D eigenvalue weighted by molar-refractivity contribution is 0.0189. The summed E-state index contributed by atoms with van der Waals surface area (Å²) in [5.41, 5.74) is 6.58. The minimum atomic E-state index is -0.377. The zero-order valence-electron chi connectivity index (χ0n) is 15.2. The lowest BCUT2D eigenvalue weighted by Crippen LogP contribution is -2.36. The molecule has 1 unspecified atom stereocenters. The summed E-state index contributed by atoms with van der Waals surface area (Å²) in [4.78, 5) is 14.8. The number of esters is 1. The molecule has 0 aliphatic rings. The number of unbranched alkanes of at least 4 members (excludes halogenated alkanes) is 2. The summed E-state index contributed by atoms with van der Waals surface area (Å²) < 4.78 is 5.69. The fourth-order valence-corrected chi connectivity index (χ4v) is 2.77. The average Bonchev–Trinajstić information content (AvgIpc) is 2.56. The Labute approximate surface area is 151 Å². The van der Waals surface area contributed by atoms with Crippen molar-refractivity contribution in [3.05, 3.63) is 28.8 Å². The molecule has 0 spiro atoms. The van der Waals surface area contributed by atoms with Crippen LogP contribution in [0.3, 0.4) is 0 Å². The maximum Gasteiger partial charge on any atom is 0.339 e. The first-order valence-electron chi connectivity index (χ1n) is 9.00. The van der Waals surface area contributed by atoms with Crippen LogP contribution in [0.1, 0.15) is 63.2 Å². The highest BCUT2D eigenvalue weighted by molar-refractivity contribution is 6.33. The topological polar surface area (TPSA) is 55.6 Å². The molecule has 1 rings (SSSR count). The Bertz CT molecular complexity index is 500. The Morgan fingerprint density at radius 2 is 1.83 bits per heavy atom. The van der Waals surface area contributed by atoms with E-state index in [1.54, 1.807) is 18.2 Å². The molecule has 0 radical (unpaired) electrons. The molecule has 136 valence electrons. The van der Waals surface area contributed by atoms with Crippen molar-refractivity contribution in [2.45, 2.75) is 59.0 Å². The predicted octanol–water partition coefficient (Wildman–Crippen LogP) is 4.76. The average molecular weight is 355 g/mol. The molecule has 0 aliphatic carbocycles. The number of benzene rings is 1. The number of anilines is 1. The lowest BCUT2D eigenvalue weighted by atomic mass is 10.2. The highest BCUT2D eigenvalue weighted by atomic mass is 35.5. The Balaban J connectivity index is 2.67. The van der Waals surface area contributed by atoms with Crippen molar-refractivity contribution >= 4 is 23.3 Å². The van der Waals surface area contributed by atoms with Gasteiger partial charge in [-0.3, -0.25) is 4.90 Å². The first-order valence-corrected chi connectivity index (χ1v) is 9.37. The van der Waals surface area contributed by atoms with Crippen LogP contribution in [0.2, 0.25) is 5.02 Å². The number of nitrogens with zero attached hydrogens (tertiary/aromatic N) is 1. The third-order valence-corrected chi connectivity index (χ3v) is 4.37. The molecule has 1 atom stereocenters. The van der Waals surface area contributed by atoms with Crippen LogP contribution < -0.4 is 5.73 Å². The normalized spacial score (nSPS) is 12.4. The van der Waals surface area contributed by atoms with Gasteiger partial charge in [0, 0.05) is 12.2 Å².